The maximum Gasteiger partial charge on any atom is 0.415 e. The number of anilines is 1. The molecule has 2 N–H and O–H groups in total. The van der Waals surface area contributed by atoms with E-state index >= 15 is 0 Å². The molecule has 1 rings (SSSR count). The number of hydrogen-bond donors (Lipinski definition) is 2. The molecule has 0 fully saturated rings. The second kappa shape index (κ2) is 6.92. The summed E-state index contributed by atoms with van der Waals surface area (Å²) in [7, 11) is 1.32. The Hall–Kier alpha value is -1.31. The number of rotatable bonds is 5. The average Bonchev–Trinajstić information content (AvgIpc) is 2.30. The first kappa shape index (κ1) is 16.7. The number of nitrogens with zero attached hydrogens (tertiary/aromatic N) is 1. The van der Waals surface area contributed by atoms with E-state index in [9.17, 15) is 18.0 Å². The lowest BCUT2D eigenvalue weighted by molar-refractivity contribution is -0.207. The van der Waals surface area contributed by atoms with Crippen LogP contribution in [0.4, 0.5) is 18.9 Å². The molecule has 1 aromatic carbocycles. The molecule has 1 aromatic rings. The summed E-state index contributed by atoms with van der Waals surface area (Å²) in [6, 6.07) is 6.30. The molecule has 0 aliphatic carbocycles. The maximum atomic E-state index is 12.1. The number of aliphatic hydroxyl groups excluding tert-OH is 1. The van der Waals surface area contributed by atoms with Crippen molar-refractivity contribution in [2.75, 3.05) is 25.5 Å². The summed E-state index contributed by atoms with van der Waals surface area (Å²) in [6.07, 6.45) is -7.17. The van der Waals surface area contributed by atoms with Gasteiger partial charge in [0.1, 0.15) is 0 Å². The fraction of sp³-hybridized carbons (Fsp3) is 0.417. The van der Waals surface area contributed by atoms with Crippen molar-refractivity contribution in [1.82, 2.24) is 4.90 Å². The first-order valence-electron chi connectivity index (χ1n) is 5.67. The van der Waals surface area contributed by atoms with E-state index in [4.69, 9.17) is 16.7 Å². The molecular formula is C12H14ClF3N2O2. The van der Waals surface area contributed by atoms with E-state index in [1.807, 2.05) is 0 Å². The van der Waals surface area contributed by atoms with Gasteiger partial charge >= 0.3 is 6.18 Å². The predicted molar refractivity (Wildman–Crippen MR) is 69.6 cm³/mol. The second-order valence-electron chi connectivity index (χ2n) is 4.31. The van der Waals surface area contributed by atoms with Crippen LogP contribution in [-0.4, -0.2) is 48.3 Å². The number of nitrogens with one attached hydrogen (secondary N) is 1. The van der Waals surface area contributed by atoms with Crippen molar-refractivity contribution in [1.29, 1.82) is 0 Å². The van der Waals surface area contributed by atoms with Gasteiger partial charge in [-0.1, -0.05) is 11.6 Å². The highest BCUT2D eigenvalue weighted by Gasteiger charge is 2.38. The highest BCUT2D eigenvalue weighted by atomic mass is 35.5. The van der Waals surface area contributed by atoms with E-state index in [2.05, 4.69) is 5.32 Å². The summed E-state index contributed by atoms with van der Waals surface area (Å²) in [6.45, 7) is -0.937. The Morgan fingerprint density at radius 3 is 2.45 bits per heavy atom. The quantitative estimate of drug-likeness (QED) is 0.876. The van der Waals surface area contributed by atoms with Gasteiger partial charge in [-0.3, -0.25) is 9.69 Å². The van der Waals surface area contributed by atoms with Gasteiger partial charge in [0, 0.05) is 17.3 Å². The molecule has 0 aromatic heterocycles. The Kier molecular flexibility index (Phi) is 5.79. The summed E-state index contributed by atoms with van der Waals surface area (Å²) >= 11 is 5.68. The lowest BCUT2D eigenvalue weighted by Crippen LogP contribution is -2.42. The maximum absolute atomic E-state index is 12.1. The van der Waals surface area contributed by atoms with E-state index in [1.54, 1.807) is 24.3 Å². The molecule has 112 valence electrons. The zero-order valence-electron chi connectivity index (χ0n) is 10.6. The number of benzene rings is 1. The van der Waals surface area contributed by atoms with Crippen molar-refractivity contribution in [3.8, 4) is 0 Å². The van der Waals surface area contributed by atoms with Crippen molar-refractivity contribution in [2.45, 2.75) is 12.3 Å². The first-order chi connectivity index (χ1) is 9.18. The summed E-state index contributed by atoms with van der Waals surface area (Å²) in [5.41, 5.74) is 0.490. The lowest BCUT2D eigenvalue weighted by Gasteiger charge is -2.21. The topological polar surface area (TPSA) is 52.6 Å². The van der Waals surface area contributed by atoms with Gasteiger partial charge in [-0.05, 0) is 31.3 Å². The van der Waals surface area contributed by atoms with Crippen LogP contribution in [0.3, 0.4) is 0 Å². The van der Waals surface area contributed by atoms with Crippen LogP contribution in [0.25, 0.3) is 0 Å². The third-order valence-corrected chi connectivity index (χ3v) is 2.66. The molecule has 1 unspecified atom stereocenters. The number of hydrogen-bond acceptors (Lipinski definition) is 3. The number of alkyl halides is 3. The van der Waals surface area contributed by atoms with Gasteiger partial charge in [0.05, 0.1) is 6.54 Å². The van der Waals surface area contributed by atoms with Crippen LogP contribution < -0.4 is 5.32 Å². The van der Waals surface area contributed by atoms with Crippen LogP contribution in [0.5, 0.6) is 0 Å². The lowest BCUT2D eigenvalue weighted by atomic mass is 10.3. The Bertz CT molecular complexity index is 451. The molecule has 0 bridgehead atoms. The molecule has 0 aliphatic rings. The van der Waals surface area contributed by atoms with E-state index in [-0.39, 0.29) is 6.54 Å². The van der Waals surface area contributed by atoms with Gasteiger partial charge in [0.2, 0.25) is 5.91 Å². The monoisotopic (exact) mass is 310 g/mol. The summed E-state index contributed by atoms with van der Waals surface area (Å²) in [4.78, 5) is 12.7. The van der Waals surface area contributed by atoms with Crippen LogP contribution in [0, 0.1) is 0 Å². The summed E-state index contributed by atoms with van der Waals surface area (Å²) in [5, 5.41) is 11.9. The molecule has 0 radical (unpaired) electrons. The van der Waals surface area contributed by atoms with Crippen LogP contribution >= 0.6 is 11.6 Å². The number of carbonyl (C=O) groups is 1. The highest BCUT2D eigenvalue weighted by molar-refractivity contribution is 6.30. The average molecular weight is 311 g/mol. The minimum atomic E-state index is -4.69. The number of carbonyl (C=O) groups excluding carboxylic acids is 1. The molecule has 0 heterocycles. The highest BCUT2D eigenvalue weighted by Crippen LogP contribution is 2.20. The molecule has 0 saturated heterocycles. The number of halogens is 4. The molecule has 20 heavy (non-hydrogen) atoms. The van der Waals surface area contributed by atoms with E-state index in [0.717, 1.165) is 4.90 Å². The zero-order valence-corrected chi connectivity index (χ0v) is 11.4. The third kappa shape index (κ3) is 5.77. The molecular weight excluding hydrogens is 297 g/mol. The summed E-state index contributed by atoms with van der Waals surface area (Å²) < 4.78 is 36.4. The van der Waals surface area contributed by atoms with E-state index < -0.39 is 24.7 Å². The number of likely N-dealkylation sites (N-methyl/N-ethyl adjacent to an activating group) is 1. The molecule has 0 spiro atoms. The minimum absolute atomic E-state index is 0.268. The van der Waals surface area contributed by atoms with Crippen LogP contribution in [-0.2, 0) is 4.79 Å². The van der Waals surface area contributed by atoms with Gasteiger partial charge in [-0.2, -0.15) is 13.2 Å². The van der Waals surface area contributed by atoms with Gasteiger partial charge in [0.15, 0.2) is 6.10 Å². The molecule has 0 saturated carbocycles. The van der Waals surface area contributed by atoms with E-state index in [0.29, 0.717) is 10.7 Å². The largest absolute Gasteiger partial charge is 0.415 e. The van der Waals surface area contributed by atoms with Crippen molar-refractivity contribution in [2.24, 2.45) is 0 Å². The molecule has 4 nitrogen and oxygen atoms in total. The van der Waals surface area contributed by atoms with Crippen molar-refractivity contribution < 1.29 is 23.1 Å². The van der Waals surface area contributed by atoms with Crippen LogP contribution in [0.1, 0.15) is 0 Å². The van der Waals surface area contributed by atoms with E-state index in [1.165, 1.54) is 7.05 Å². The normalized spacial score (nSPS) is 13.3. The minimum Gasteiger partial charge on any atom is -0.382 e. The molecule has 8 heteroatoms. The first-order valence-corrected chi connectivity index (χ1v) is 6.05. The number of aliphatic hydroxyl groups is 1. The predicted octanol–water partition coefficient (Wildman–Crippen LogP) is 2.13. The van der Waals surface area contributed by atoms with Gasteiger partial charge < -0.3 is 10.4 Å². The third-order valence-electron chi connectivity index (χ3n) is 2.40. The smallest absolute Gasteiger partial charge is 0.382 e. The Morgan fingerprint density at radius 1 is 1.40 bits per heavy atom. The summed E-state index contributed by atoms with van der Waals surface area (Å²) in [5.74, 6) is -0.482. The SMILES string of the molecule is CN(CC(=O)Nc1ccc(Cl)cc1)CC(O)C(F)(F)F. The Labute approximate surface area is 119 Å². The van der Waals surface area contributed by atoms with Crippen molar-refractivity contribution in [3.63, 3.8) is 0 Å². The second-order valence-corrected chi connectivity index (χ2v) is 4.75. The fourth-order valence-corrected chi connectivity index (χ4v) is 1.57. The van der Waals surface area contributed by atoms with Crippen LogP contribution in [0.15, 0.2) is 24.3 Å². The Balaban J connectivity index is 2.44. The number of amides is 1. The molecule has 0 aliphatic heterocycles. The van der Waals surface area contributed by atoms with Gasteiger partial charge in [-0.15, -0.1) is 0 Å². The van der Waals surface area contributed by atoms with Crippen molar-refractivity contribution >= 4 is 23.2 Å². The van der Waals surface area contributed by atoms with Crippen molar-refractivity contribution in [3.05, 3.63) is 29.3 Å². The standard InChI is InChI=1S/C12H14ClF3N2O2/c1-18(6-10(19)12(14,15)16)7-11(20)17-9-4-2-8(13)3-5-9/h2-5,10,19H,6-7H2,1H3,(H,17,20). The molecule has 1 atom stereocenters. The molecule has 1 amide bonds. The zero-order chi connectivity index (χ0) is 15.3. The van der Waals surface area contributed by atoms with Gasteiger partial charge in [0.25, 0.3) is 0 Å². The fourth-order valence-electron chi connectivity index (χ4n) is 1.44. The Morgan fingerprint density at radius 2 is 1.95 bits per heavy atom. The van der Waals surface area contributed by atoms with Gasteiger partial charge in [-0.25, -0.2) is 0 Å². The van der Waals surface area contributed by atoms with Crippen LogP contribution in [0.2, 0.25) is 5.02 Å².